The number of carbonyl (C=O) groups is 1. The Morgan fingerprint density at radius 3 is 2.38 bits per heavy atom. The molecule has 0 saturated heterocycles. The van der Waals surface area contributed by atoms with Crippen LogP contribution in [0.25, 0.3) is 10.8 Å². The van der Waals surface area contributed by atoms with Crippen molar-refractivity contribution in [1.82, 2.24) is 14.2 Å². The molecular formula is C22H27N3O3S. The van der Waals surface area contributed by atoms with E-state index in [0.29, 0.717) is 18.8 Å². The molecule has 1 N–H and O–H groups in total. The van der Waals surface area contributed by atoms with Crippen LogP contribution in [0.15, 0.2) is 59.6 Å². The molecule has 154 valence electrons. The molecule has 6 nitrogen and oxygen atoms in total. The highest BCUT2D eigenvalue weighted by Gasteiger charge is 2.25. The first-order valence-electron chi connectivity index (χ1n) is 9.74. The lowest BCUT2D eigenvalue weighted by Gasteiger charge is -2.17. The molecule has 1 atom stereocenters. The minimum atomic E-state index is -3.61. The number of fused-ring (bicyclic) bond motifs is 1. The summed E-state index contributed by atoms with van der Waals surface area (Å²) >= 11 is 0. The topological polar surface area (TPSA) is 71.4 Å². The maximum Gasteiger partial charge on any atom is 0.268 e. The van der Waals surface area contributed by atoms with Gasteiger partial charge in [-0.3, -0.25) is 4.79 Å². The summed E-state index contributed by atoms with van der Waals surface area (Å²) in [5.41, 5.74) is 1.30. The molecule has 0 bridgehead atoms. The predicted octanol–water partition coefficient (Wildman–Crippen LogP) is 3.70. The van der Waals surface area contributed by atoms with Crippen LogP contribution in [0, 0.1) is 0 Å². The van der Waals surface area contributed by atoms with Gasteiger partial charge in [0.25, 0.3) is 5.91 Å². The van der Waals surface area contributed by atoms with Crippen LogP contribution in [-0.4, -0.2) is 36.3 Å². The number of amides is 1. The van der Waals surface area contributed by atoms with Gasteiger partial charge in [0.2, 0.25) is 10.0 Å². The molecule has 3 aromatic rings. The number of hydrogen-bond donors (Lipinski definition) is 1. The molecule has 0 fully saturated rings. The number of aryl methyl sites for hydroxylation is 1. The van der Waals surface area contributed by atoms with E-state index in [4.69, 9.17) is 0 Å². The van der Waals surface area contributed by atoms with Crippen LogP contribution in [0.1, 0.15) is 42.9 Å². The van der Waals surface area contributed by atoms with E-state index in [-0.39, 0.29) is 16.8 Å². The summed E-state index contributed by atoms with van der Waals surface area (Å²) in [7, 11) is -1.93. The number of rotatable bonds is 7. The van der Waals surface area contributed by atoms with Crippen molar-refractivity contribution in [1.29, 1.82) is 0 Å². The van der Waals surface area contributed by atoms with E-state index in [9.17, 15) is 13.2 Å². The summed E-state index contributed by atoms with van der Waals surface area (Å²) in [6, 6.07) is 15.4. The van der Waals surface area contributed by atoms with Gasteiger partial charge in [-0.15, -0.1) is 0 Å². The van der Waals surface area contributed by atoms with Gasteiger partial charge in [-0.1, -0.05) is 50.2 Å². The molecule has 7 heteroatoms. The summed E-state index contributed by atoms with van der Waals surface area (Å²) in [6.45, 7) is 6.27. The van der Waals surface area contributed by atoms with Gasteiger partial charge in [-0.05, 0) is 35.4 Å². The van der Waals surface area contributed by atoms with Gasteiger partial charge in [-0.25, -0.2) is 8.42 Å². The van der Waals surface area contributed by atoms with Crippen LogP contribution in [0.5, 0.6) is 0 Å². The van der Waals surface area contributed by atoms with Gasteiger partial charge >= 0.3 is 0 Å². The van der Waals surface area contributed by atoms with Crippen molar-refractivity contribution in [3.05, 3.63) is 66.0 Å². The molecule has 1 aromatic heterocycles. The van der Waals surface area contributed by atoms with Gasteiger partial charge in [0.15, 0.2) is 0 Å². The highest BCUT2D eigenvalue weighted by Crippen LogP contribution is 2.22. The highest BCUT2D eigenvalue weighted by molar-refractivity contribution is 7.89. The fourth-order valence-electron chi connectivity index (χ4n) is 3.44. The molecule has 0 aliphatic heterocycles. The molecule has 0 aliphatic rings. The van der Waals surface area contributed by atoms with Crippen molar-refractivity contribution in [3.63, 3.8) is 0 Å². The Bertz CT molecular complexity index is 1130. The second kappa shape index (κ2) is 8.39. The molecule has 1 amide bonds. The fourth-order valence-corrected chi connectivity index (χ4v) is 4.97. The molecule has 0 saturated carbocycles. The van der Waals surface area contributed by atoms with Gasteiger partial charge in [0, 0.05) is 26.3 Å². The number of benzene rings is 2. The summed E-state index contributed by atoms with van der Waals surface area (Å²) in [6.07, 6.45) is 1.49. The maximum atomic E-state index is 12.8. The Hall–Kier alpha value is -2.64. The Morgan fingerprint density at radius 2 is 1.72 bits per heavy atom. The number of sulfonamides is 1. The van der Waals surface area contributed by atoms with E-state index in [0.717, 1.165) is 16.3 Å². The third kappa shape index (κ3) is 4.21. The van der Waals surface area contributed by atoms with Crippen LogP contribution in [0.4, 0.5) is 0 Å². The first kappa shape index (κ1) is 21.1. The van der Waals surface area contributed by atoms with Crippen molar-refractivity contribution in [2.75, 3.05) is 13.1 Å². The summed E-state index contributed by atoms with van der Waals surface area (Å²) in [5, 5.41) is 5.22. The highest BCUT2D eigenvalue weighted by atomic mass is 32.2. The van der Waals surface area contributed by atoms with E-state index in [1.165, 1.54) is 16.6 Å². The standard InChI is InChI=1S/C22H27N3O3S/c1-5-25(6-2)29(27,28)20-14-21(24(4)15-20)22(26)23-16(3)18-12-11-17-9-7-8-10-19(17)13-18/h7-16H,5-6H2,1-4H3,(H,23,26). The zero-order valence-corrected chi connectivity index (χ0v) is 18.0. The van der Waals surface area contributed by atoms with Crippen molar-refractivity contribution < 1.29 is 13.2 Å². The summed E-state index contributed by atoms with van der Waals surface area (Å²) in [5.74, 6) is -0.311. The Labute approximate surface area is 172 Å². The number of nitrogens with zero attached hydrogens (tertiary/aromatic N) is 2. The minimum Gasteiger partial charge on any atom is -0.345 e. The first-order valence-corrected chi connectivity index (χ1v) is 11.2. The minimum absolute atomic E-state index is 0.132. The molecule has 3 rings (SSSR count). The van der Waals surface area contributed by atoms with Crippen molar-refractivity contribution in [2.24, 2.45) is 7.05 Å². The monoisotopic (exact) mass is 413 g/mol. The van der Waals surface area contributed by atoms with Crippen molar-refractivity contribution in [2.45, 2.75) is 31.7 Å². The Morgan fingerprint density at radius 1 is 1.07 bits per heavy atom. The van der Waals surface area contributed by atoms with Gasteiger partial charge in [-0.2, -0.15) is 4.31 Å². The molecule has 0 radical (unpaired) electrons. The lowest BCUT2D eigenvalue weighted by atomic mass is 10.0. The van der Waals surface area contributed by atoms with Crippen molar-refractivity contribution >= 4 is 26.7 Å². The third-order valence-corrected chi connectivity index (χ3v) is 7.19. The zero-order chi connectivity index (χ0) is 21.2. The van der Waals surface area contributed by atoms with Gasteiger partial charge < -0.3 is 9.88 Å². The number of hydrogen-bond acceptors (Lipinski definition) is 3. The van der Waals surface area contributed by atoms with E-state index in [1.807, 2.05) is 43.3 Å². The molecule has 0 spiro atoms. The van der Waals surface area contributed by atoms with E-state index in [2.05, 4.69) is 11.4 Å². The van der Waals surface area contributed by atoms with Crippen molar-refractivity contribution in [3.8, 4) is 0 Å². The van der Waals surface area contributed by atoms with Crippen LogP contribution in [0.2, 0.25) is 0 Å². The SMILES string of the molecule is CCN(CC)S(=O)(=O)c1cc(C(=O)NC(C)c2ccc3ccccc3c2)n(C)c1. The molecule has 1 unspecified atom stereocenters. The second-order valence-corrected chi connectivity index (χ2v) is 9.00. The largest absolute Gasteiger partial charge is 0.345 e. The fraction of sp³-hybridized carbons (Fsp3) is 0.318. The maximum absolute atomic E-state index is 12.8. The molecule has 2 aromatic carbocycles. The average Bonchev–Trinajstić information content (AvgIpc) is 3.11. The zero-order valence-electron chi connectivity index (χ0n) is 17.2. The van der Waals surface area contributed by atoms with E-state index in [1.54, 1.807) is 25.5 Å². The van der Waals surface area contributed by atoms with Gasteiger partial charge in [0.1, 0.15) is 10.6 Å². The summed E-state index contributed by atoms with van der Waals surface area (Å²) < 4.78 is 28.4. The van der Waals surface area contributed by atoms with Crippen LogP contribution in [-0.2, 0) is 17.1 Å². The smallest absolute Gasteiger partial charge is 0.268 e. The molecule has 1 heterocycles. The second-order valence-electron chi connectivity index (χ2n) is 7.06. The van der Waals surface area contributed by atoms with Crippen LogP contribution < -0.4 is 5.32 Å². The Kier molecular flexibility index (Phi) is 6.10. The van der Waals surface area contributed by atoms with E-state index >= 15 is 0 Å². The summed E-state index contributed by atoms with van der Waals surface area (Å²) in [4.78, 5) is 13.0. The average molecular weight is 414 g/mol. The first-order chi connectivity index (χ1) is 13.8. The lowest BCUT2D eigenvalue weighted by molar-refractivity contribution is 0.0931. The molecule has 29 heavy (non-hydrogen) atoms. The van der Waals surface area contributed by atoms with Gasteiger partial charge in [0.05, 0.1) is 6.04 Å². The van der Waals surface area contributed by atoms with Crippen LogP contribution >= 0.6 is 0 Å². The third-order valence-electron chi connectivity index (χ3n) is 5.18. The number of nitrogens with one attached hydrogen (secondary N) is 1. The molecular weight excluding hydrogens is 386 g/mol. The quantitative estimate of drug-likeness (QED) is 0.642. The number of carbonyl (C=O) groups excluding carboxylic acids is 1. The number of aromatic nitrogens is 1. The predicted molar refractivity (Wildman–Crippen MR) is 115 cm³/mol. The van der Waals surface area contributed by atoms with Crippen LogP contribution in [0.3, 0.4) is 0 Å². The molecule has 0 aliphatic carbocycles. The normalized spacial score (nSPS) is 13.0. The Balaban J connectivity index is 1.82. The lowest BCUT2D eigenvalue weighted by Crippen LogP contribution is -2.30. The van der Waals surface area contributed by atoms with E-state index < -0.39 is 10.0 Å².